The maximum atomic E-state index is 12.5. The van der Waals surface area contributed by atoms with Crippen LogP contribution in [0.1, 0.15) is 33.6 Å². The number of piperidine rings is 1. The zero-order valence-corrected chi connectivity index (χ0v) is 15.9. The number of para-hydroxylation sites is 1. The van der Waals surface area contributed by atoms with Gasteiger partial charge in [-0.05, 0) is 25.0 Å². The van der Waals surface area contributed by atoms with Crippen molar-refractivity contribution in [1.29, 1.82) is 0 Å². The standard InChI is InChI=1S/C20H31N3O2/c1-20(2,3)19(25)23-13-8-9-16(15-23)18(24)21-12-14-22(4)17-10-6-5-7-11-17/h5-7,10-11,16H,8-9,12-15H2,1-4H3,(H,21,24). The lowest BCUT2D eigenvalue weighted by Gasteiger charge is -2.36. The molecule has 0 radical (unpaired) electrons. The molecule has 1 aliphatic heterocycles. The minimum atomic E-state index is -0.392. The van der Waals surface area contributed by atoms with Crippen molar-refractivity contribution in [3.8, 4) is 0 Å². The summed E-state index contributed by atoms with van der Waals surface area (Å²) in [4.78, 5) is 28.9. The van der Waals surface area contributed by atoms with Gasteiger partial charge in [-0.3, -0.25) is 9.59 Å². The van der Waals surface area contributed by atoms with E-state index in [1.807, 2.05) is 50.9 Å². The van der Waals surface area contributed by atoms with Gasteiger partial charge in [0.15, 0.2) is 0 Å². The summed E-state index contributed by atoms with van der Waals surface area (Å²) in [5.41, 5.74) is 0.743. The normalized spacial score (nSPS) is 17.9. The highest BCUT2D eigenvalue weighted by molar-refractivity contribution is 5.83. The van der Waals surface area contributed by atoms with E-state index in [-0.39, 0.29) is 17.7 Å². The number of likely N-dealkylation sites (tertiary alicyclic amines) is 1. The van der Waals surface area contributed by atoms with E-state index < -0.39 is 5.41 Å². The van der Waals surface area contributed by atoms with Crippen LogP contribution in [0.5, 0.6) is 0 Å². The predicted octanol–water partition coefficient (Wildman–Crippen LogP) is 2.52. The number of amides is 2. The Morgan fingerprint density at radius 3 is 2.56 bits per heavy atom. The van der Waals surface area contributed by atoms with Gasteiger partial charge in [0.25, 0.3) is 0 Å². The number of anilines is 1. The fraction of sp³-hybridized carbons (Fsp3) is 0.600. The number of nitrogens with one attached hydrogen (secondary N) is 1. The Morgan fingerprint density at radius 2 is 1.92 bits per heavy atom. The van der Waals surface area contributed by atoms with Crippen LogP contribution < -0.4 is 10.2 Å². The van der Waals surface area contributed by atoms with E-state index in [1.165, 1.54) is 0 Å². The van der Waals surface area contributed by atoms with E-state index in [4.69, 9.17) is 0 Å². The van der Waals surface area contributed by atoms with Gasteiger partial charge in [-0.25, -0.2) is 0 Å². The van der Waals surface area contributed by atoms with Crippen LogP contribution in [0.2, 0.25) is 0 Å². The van der Waals surface area contributed by atoms with Crippen LogP contribution in [-0.4, -0.2) is 49.9 Å². The van der Waals surface area contributed by atoms with Crippen LogP contribution in [0.3, 0.4) is 0 Å². The van der Waals surface area contributed by atoms with Gasteiger partial charge in [0.1, 0.15) is 0 Å². The zero-order chi connectivity index (χ0) is 18.4. The summed E-state index contributed by atoms with van der Waals surface area (Å²) in [6, 6.07) is 10.1. The second kappa shape index (κ2) is 8.37. The number of benzene rings is 1. The monoisotopic (exact) mass is 345 g/mol. The Hall–Kier alpha value is -2.04. The molecule has 1 N–H and O–H groups in total. The van der Waals surface area contributed by atoms with Crippen molar-refractivity contribution in [2.24, 2.45) is 11.3 Å². The maximum absolute atomic E-state index is 12.5. The fourth-order valence-electron chi connectivity index (χ4n) is 3.15. The van der Waals surface area contributed by atoms with Gasteiger partial charge in [0.2, 0.25) is 11.8 Å². The molecule has 5 nitrogen and oxygen atoms in total. The highest BCUT2D eigenvalue weighted by Crippen LogP contribution is 2.23. The van der Waals surface area contributed by atoms with E-state index in [0.29, 0.717) is 13.1 Å². The highest BCUT2D eigenvalue weighted by Gasteiger charge is 2.33. The summed E-state index contributed by atoms with van der Waals surface area (Å²) in [6.45, 7) is 8.45. The van der Waals surface area contributed by atoms with Crippen molar-refractivity contribution in [3.05, 3.63) is 30.3 Å². The van der Waals surface area contributed by atoms with E-state index in [9.17, 15) is 9.59 Å². The number of nitrogens with zero attached hydrogens (tertiary/aromatic N) is 2. The Kier molecular flexibility index (Phi) is 6.45. The second-order valence-electron chi connectivity index (χ2n) is 7.89. The molecule has 1 fully saturated rings. The third-order valence-electron chi connectivity index (χ3n) is 4.66. The minimum Gasteiger partial charge on any atom is -0.373 e. The second-order valence-corrected chi connectivity index (χ2v) is 7.89. The van der Waals surface area contributed by atoms with Crippen molar-refractivity contribution in [2.45, 2.75) is 33.6 Å². The number of carbonyl (C=O) groups is 2. The molecule has 1 unspecified atom stereocenters. The molecule has 1 aromatic carbocycles. The van der Waals surface area contributed by atoms with Gasteiger partial charge >= 0.3 is 0 Å². The quantitative estimate of drug-likeness (QED) is 0.892. The predicted molar refractivity (Wildman–Crippen MR) is 101 cm³/mol. The topological polar surface area (TPSA) is 52.7 Å². The molecule has 2 amide bonds. The van der Waals surface area contributed by atoms with Crippen LogP contribution in [-0.2, 0) is 9.59 Å². The number of hydrogen-bond donors (Lipinski definition) is 1. The minimum absolute atomic E-state index is 0.0628. The third-order valence-corrected chi connectivity index (χ3v) is 4.66. The Bertz CT molecular complexity index is 580. The average molecular weight is 345 g/mol. The Balaban J connectivity index is 1.79. The third kappa shape index (κ3) is 5.48. The SMILES string of the molecule is CN(CCNC(=O)C1CCCN(C(=O)C(C)(C)C)C1)c1ccccc1. The van der Waals surface area contributed by atoms with Gasteiger partial charge in [0, 0.05) is 44.3 Å². The molecule has 0 aromatic heterocycles. The molecule has 25 heavy (non-hydrogen) atoms. The molecule has 0 saturated carbocycles. The number of likely N-dealkylation sites (N-methyl/N-ethyl adjacent to an activating group) is 1. The summed E-state index contributed by atoms with van der Waals surface area (Å²) < 4.78 is 0. The van der Waals surface area contributed by atoms with Gasteiger partial charge in [0.05, 0.1) is 5.92 Å². The van der Waals surface area contributed by atoms with E-state index in [2.05, 4.69) is 22.3 Å². The molecule has 1 aromatic rings. The fourth-order valence-corrected chi connectivity index (χ4v) is 3.15. The smallest absolute Gasteiger partial charge is 0.227 e. The average Bonchev–Trinajstić information content (AvgIpc) is 2.61. The molecule has 1 atom stereocenters. The summed E-state index contributed by atoms with van der Waals surface area (Å²) in [5.74, 6) is 0.101. The van der Waals surface area contributed by atoms with Crippen molar-refractivity contribution < 1.29 is 9.59 Å². The van der Waals surface area contributed by atoms with Crippen LogP contribution in [0.4, 0.5) is 5.69 Å². The van der Waals surface area contributed by atoms with Crippen LogP contribution >= 0.6 is 0 Å². The van der Waals surface area contributed by atoms with Crippen LogP contribution in [0, 0.1) is 11.3 Å². The first-order valence-corrected chi connectivity index (χ1v) is 9.12. The molecule has 1 aliphatic rings. The molecular formula is C20H31N3O2. The lowest BCUT2D eigenvalue weighted by atomic mass is 9.91. The van der Waals surface area contributed by atoms with Crippen LogP contribution in [0.25, 0.3) is 0 Å². The molecule has 5 heteroatoms. The van der Waals surface area contributed by atoms with Gasteiger partial charge in [-0.2, -0.15) is 0 Å². The Morgan fingerprint density at radius 1 is 1.24 bits per heavy atom. The highest BCUT2D eigenvalue weighted by atomic mass is 16.2. The van der Waals surface area contributed by atoms with Crippen LogP contribution in [0.15, 0.2) is 30.3 Å². The summed E-state index contributed by atoms with van der Waals surface area (Å²) >= 11 is 0. The molecule has 2 rings (SSSR count). The summed E-state index contributed by atoms with van der Waals surface area (Å²) in [5, 5.41) is 3.03. The van der Waals surface area contributed by atoms with Crippen molar-refractivity contribution >= 4 is 17.5 Å². The largest absolute Gasteiger partial charge is 0.373 e. The maximum Gasteiger partial charge on any atom is 0.227 e. The zero-order valence-electron chi connectivity index (χ0n) is 15.9. The first-order valence-electron chi connectivity index (χ1n) is 9.12. The number of carbonyl (C=O) groups excluding carboxylic acids is 2. The van der Waals surface area contributed by atoms with Crippen molar-refractivity contribution in [2.75, 3.05) is 38.1 Å². The molecular weight excluding hydrogens is 314 g/mol. The van der Waals surface area contributed by atoms with E-state index in [1.54, 1.807) is 0 Å². The summed E-state index contributed by atoms with van der Waals surface area (Å²) in [6.07, 6.45) is 1.75. The van der Waals surface area contributed by atoms with E-state index >= 15 is 0 Å². The number of hydrogen-bond acceptors (Lipinski definition) is 3. The van der Waals surface area contributed by atoms with E-state index in [0.717, 1.165) is 31.6 Å². The Labute approximate surface area is 151 Å². The lowest BCUT2D eigenvalue weighted by molar-refractivity contribution is -0.142. The molecule has 0 aliphatic carbocycles. The lowest BCUT2D eigenvalue weighted by Crippen LogP contribution is -2.49. The van der Waals surface area contributed by atoms with Gasteiger partial charge in [-0.15, -0.1) is 0 Å². The van der Waals surface area contributed by atoms with Gasteiger partial charge in [-0.1, -0.05) is 39.0 Å². The molecule has 138 valence electrons. The summed E-state index contributed by atoms with van der Waals surface area (Å²) in [7, 11) is 2.02. The number of rotatable bonds is 5. The molecule has 1 saturated heterocycles. The van der Waals surface area contributed by atoms with Gasteiger partial charge < -0.3 is 15.1 Å². The molecule has 0 bridgehead atoms. The van der Waals surface area contributed by atoms with Crippen molar-refractivity contribution in [3.63, 3.8) is 0 Å². The first kappa shape index (κ1) is 19.3. The molecule has 1 heterocycles. The first-order chi connectivity index (χ1) is 11.8. The molecule has 0 spiro atoms. The van der Waals surface area contributed by atoms with Crippen molar-refractivity contribution in [1.82, 2.24) is 10.2 Å².